The largest absolute Gasteiger partial charge is 0.481 e. The van der Waals surface area contributed by atoms with Crippen molar-refractivity contribution < 1.29 is 15.0 Å². The highest BCUT2D eigenvalue weighted by Gasteiger charge is 2.56. The van der Waals surface area contributed by atoms with Gasteiger partial charge in [-0.15, -0.1) is 5.10 Å². The van der Waals surface area contributed by atoms with Crippen molar-refractivity contribution in [2.24, 2.45) is 17.3 Å². The molecule has 1 aromatic carbocycles. The number of nitrogens with one attached hydrogen (secondary N) is 1. The van der Waals surface area contributed by atoms with E-state index < -0.39 is 11.6 Å². The second-order valence-electron chi connectivity index (χ2n) is 9.93. The van der Waals surface area contributed by atoms with E-state index >= 15 is 0 Å². The van der Waals surface area contributed by atoms with Crippen molar-refractivity contribution in [2.75, 3.05) is 6.54 Å². The Balaban J connectivity index is 1.16. The van der Waals surface area contributed by atoms with Gasteiger partial charge < -0.3 is 15.5 Å². The highest BCUT2D eigenvalue weighted by Crippen LogP contribution is 2.61. The first kappa shape index (κ1) is 19.6. The fraction of sp³-hybridized carbons (Fsp3) is 0.636. The minimum atomic E-state index is -0.946. The maximum Gasteiger partial charge on any atom is 0.311 e. The molecule has 160 valence electrons. The fourth-order valence-electron chi connectivity index (χ4n) is 6.62. The van der Waals surface area contributed by atoms with Crippen molar-refractivity contribution in [1.82, 2.24) is 25.5 Å². The molecule has 1 aromatic heterocycles. The standard InChI is InChI=1S/C22H29N5O3/c28-20(29)6-19-24-25-26-27(19)12-16-3-1-15(2-4-16)11-23-14-21-7-17-5-18(8-21)10-22(30,9-17)13-21/h1-4,17-18,23,30H,5-14H2,(H,28,29). The highest BCUT2D eigenvalue weighted by molar-refractivity contribution is 5.68. The Morgan fingerprint density at radius 1 is 1.13 bits per heavy atom. The summed E-state index contributed by atoms with van der Waals surface area (Å²) < 4.78 is 1.53. The summed E-state index contributed by atoms with van der Waals surface area (Å²) in [5.41, 5.74) is 2.12. The van der Waals surface area contributed by atoms with Gasteiger partial charge in [-0.05, 0) is 77.3 Å². The fourth-order valence-corrected chi connectivity index (χ4v) is 6.62. The van der Waals surface area contributed by atoms with Crippen LogP contribution in [0.4, 0.5) is 0 Å². The van der Waals surface area contributed by atoms with Crippen molar-refractivity contribution in [3.05, 3.63) is 41.2 Å². The van der Waals surface area contributed by atoms with Gasteiger partial charge in [0.2, 0.25) is 0 Å². The number of tetrazole rings is 1. The molecular weight excluding hydrogens is 382 g/mol. The smallest absolute Gasteiger partial charge is 0.311 e. The SMILES string of the molecule is O=C(O)Cc1nnnn1Cc1ccc(CNCC23CC4CC(CC(O)(C4)C2)C3)cc1. The molecule has 4 fully saturated rings. The van der Waals surface area contributed by atoms with E-state index in [0.29, 0.717) is 12.4 Å². The number of aromatic nitrogens is 4. The number of aliphatic hydroxyl groups is 1. The van der Waals surface area contributed by atoms with Gasteiger partial charge in [0.15, 0.2) is 5.82 Å². The zero-order chi connectivity index (χ0) is 20.8. The third-order valence-electron chi connectivity index (χ3n) is 7.25. The van der Waals surface area contributed by atoms with Gasteiger partial charge in [-0.3, -0.25) is 4.79 Å². The summed E-state index contributed by atoms with van der Waals surface area (Å²) in [6, 6.07) is 8.26. The zero-order valence-electron chi connectivity index (χ0n) is 17.1. The van der Waals surface area contributed by atoms with E-state index in [0.717, 1.165) is 49.8 Å². The van der Waals surface area contributed by atoms with Gasteiger partial charge in [0.1, 0.15) is 6.42 Å². The van der Waals surface area contributed by atoms with Crippen molar-refractivity contribution >= 4 is 5.97 Å². The van der Waals surface area contributed by atoms with Crippen LogP contribution in [0.1, 0.15) is 55.5 Å². The Hall–Kier alpha value is -2.32. The minimum Gasteiger partial charge on any atom is -0.481 e. The van der Waals surface area contributed by atoms with Crippen LogP contribution in [0.25, 0.3) is 0 Å². The molecule has 0 amide bonds. The molecule has 0 spiro atoms. The maximum absolute atomic E-state index is 10.9. The molecule has 8 heteroatoms. The Bertz CT molecular complexity index is 911. The molecule has 30 heavy (non-hydrogen) atoms. The molecule has 3 N–H and O–H groups in total. The molecular formula is C22H29N5O3. The van der Waals surface area contributed by atoms with Crippen LogP contribution >= 0.6 is 0 Å². The van der Waals surface area contributed by atoms with Crippen LogP contribution in [0.15, 0.2) is 24.3 Å². The van der Waals surface area contributed by atoms with Gasteiger partial charge in [0.25, 0.3) is 0 Å². The van der Waals surface area contributed by atoms with Crippen LogP contribution < -0.4 is 5.32 Å². The first-order valence-corrected chi connectivity index (χ1v) is 10.9. The Kier molecular flexibility index (Phi) is 4.86. The summed E-state index contributed by atoms with van der Waals surface area (Å²) in [5, 5.41) is 34.8. The lowest BCUT2D eigenvalue weighted by Crippen LogP contribution is -2.58. The number of hydrogen-bond acceptors (Lipinski definition) is 6. The molecule has 0 saturated heterocycles. The number of nitrogens with zero attached hydrogens (tertiary/aromatic N) is 4. The molecule has 4 aliphatic rings. The van der Waals surface area contributed by atoms with Crippen molar-refractivity contribution in [3.63, 3.8) is 0 Å². The van der Waals surface area contributed by atoms with E-state index in [2.05, 4.69) is 33.0 Å². The molecule has 0 aliphatic heterocycles. The molecule has 2 aromatic rings. The van der Waals surface area contributed by atoms with E-state index in [1.54, 1.807) is 0 Å². The van der Waals surface area contributed by atoms with Crippen LogP contribution in [-0.4, -0.2) is 48.5 Å². The summed E-state index contributed by atoms with van der Waals surface area (Å²) in [5.74, 6) is 0.841. The quantitative estimate of drug-likeness (QED) is 0.607. The highest BCUT2D eigenvalue weighted by atomic mass is 16.4. The number of rotatable bonds is 8. The van der Waals surface area contributed by atoms with Gasteiger partial charge >= 0.3 is 5.97 Å². The van der Waals surface area contributed by atoms with Crippen molar-refractivity contribution in [3.8, 4) is 0 Å². The topological polar surface area (TPSA) is 113 Å². The first-order chi connectivity index (χ1) is 14.4. The van der Waals surface area contributed by atoms with E-state index in [-0.39, 0.29) is 11.8 Å². The van der Waals surface area contributed by atoms with E-state index in [9.17, 15) is 9.90 Å². The number of carboxylic acids is 1. The number of aliphatic carboxylic acids is 1. The summed E-state index contributed by atoms with van der Waals surface area (Å²) in [4.78, 5) is 10.9. The van der Waals surface area contributed by atoms with Gasteiger partial charge in [0, 0.05) is 13.1 Å². The van der Waals surface area contributed by atoms with E-state index in [1.165, 1.54) is 29.5 Å². The normalized spacial score (nSPS) is 31.9. The van der Waals surface area contributed by atoms with Crippen molar-refractivity contribution in [2.45, 2.75) is 63.6 Å². The molecule has 4 bridgehead atoms. The van der Waals surface area contributed by atoms with Crippen molar-refractivity contribution in [1.29, 1.82) is 0 Å². The van der Waals surface area contributed by atoms with Crippen LogP contribution in [0.5, 0.6) is 0 Å². The third-order valence-corrected chi connectivity index (χ3v) is 7.25. The van der Waals surface area contributed by atoms with Gasteiger partial charge in [-0.25, -0.2) is 4.68 Å². The molecule has 0 radical (unpaired) electrons. The number of carboxylic acid groups (broad SMARTS) is 1. The Morgan fingerprint density at radius 2 is 1.83 bits per heavy atom. The summed E-state index contributed by atoms with van der Waals surface area (Å²) in [6.45, 7) is 2.24. The van der Waals surface area contributed by atoms with Crippen LogP contribution in [-0.2, 0) is 24.3 Å². The van der Waals surface area contributed by atoms with E-state index in [1.807, 2.05) is 12.1 Å². The molecule has 2 unspecified atom stereocenters. The maximum atomic E-state index is 10.9. The summed E-state index contributed by atoms with van der Waals surface area (Å²) >= 11 is 0. The van der Waals surface area contributed by atoms with Crippen LogP contribution in [0.3, 0.4) is 0 Å². The summed E-state index contributed by atoms with van der Waals surface area (Å²) in [6.07, 6.45) is 6.66. The van der Waals surface area contributed by atoms with E-state index in [4.69, 9.17) is 5.11 Å². The third kappa shape index (κ3) is 3.98. The number of hydrogen-bond donors (Lipinski definition) is 3. The van der Waals surface area contributed by atoms with Gasteiger partial charge in [0.05, 0.1) is 12.1 Å². The lowest BCUT2D eigenvalue weighted by Gasteiger charge is -2.60. The minimum absolute atomic E-state index is 0.187. The number of benzene rings is 1. The second-order valence-corrected chi connectivity index (χ2v) is 9.93. The second kappa shape index (κ2) is 7.42. The molecule has 8 nitrogen and oxygen atoms in total. The van der Waals surface area contributed by atoms with Crippen LogP contribution in [0.2, 0.25) is 0 Å². The molecule has 1 heterocycles. The molecule has 6 rings (SSSR count). The molecule has 4 aliphatic carbocycles. The Morgan fingerprint density at radius 3 is 2.50 bits per heavy atom. The lowest BCUT2D eigenvalue weighted by atomic mass is 9.48. The van der Waals surface area contributed by atoms with Gasteiger partial charge in [-0.2, -0.15) is 0 Å². The zero-order valence-corrected chi connectivity index (χ0v) is 17.1. The summed E-state index contributed by atoms with van der Waals surface area (Å²) in [7, 11) is 0. The molecule has 2 atom stereocenters. The average Bonchev–Trinajstić information content (AvgIpc) is 3.07. The Labute approximate surface area is 175 Å². The number of carbonyl (C=O) groups is 1. The lowest BCUT2D eigenvalue weighted by molar-refractivity contribution is -0.162. The van der Waals surface area contributed by atoms with Gasteiger partial charge in [-0.1, -0.05) is 24.3 Å². The predicted octanol–water partition coefficient (Wildman–Crippen LogP) is 1.77. The predicted molar refractivity (Wildman–Crippen MR) is 108 cm³/mol. The van der Waals surface area contributed by atoms with Crippen LogP contribution in [0, 0.1) is 17.3 Å². The molecule has 4 saturated carbocycles. The average molecular weight is 412 g/mol. The first-order valence-electron chi connectivity index (χ1n) is 10.9. The monoisotopic (exact) mass is 411 g/mol.